The van der Waals surface area contributed by atoms with Gasteiger partial charge in [0.15, 0.2) is 5.60 Å². The largest absolute Gasteiger partial charge is 0.478 e. The standard InChI is InChI=1S/C13H16O3/c1-4-7-10-8-5-6-9-11(10)16-13(2,3)12(14)15/h4-6,8-9H,1,7H2,2-3H3,(H,14,15). The normalized spacial score (nSPS) is 10.9. The Bertz CT molecular complexity index is 394. The molecule has 1 N–H and O–H groups in total. The first-order chi connectivity index (χ1) is 7.47. The molecule has 0 aliphatic carbocycles. The van der Waals surface area contributed by atoms with Gasteiger partial charge in [0.2, 0.25) is 0 Å². The number of rotatable bonds is 5. The van der Waals surface area contributed by atoms with Crippen LogP contribution in [0.2, 0.25) is 0 Å². The van der Waals surface area contributed by atoms with Crippen LogP contribution in [0.3, 0.4) is 0 Å². The van der Waals surface area contributed by atoms with Gasteiger partial charge >= 0.3 is 5.97 Å². The smallest absolute Gasteiger partial charge is 0.347 e. The van der Waals surface area contributed by atoms with Crippen LogP contribution in [0, 0.1) is 0 Å². The van der Waals surface area contributed by atoms with Crippen LogP contribution in [-0.2, 0) is 11.2 Å². The molecule has 0 fully saturated rings. The van der Waals surface area contributed by atoms with Crippen molar-refractivity contribution in [1.29, 1.82) is 0 Å². The molecule has 0 amide bonds. The molecule has 1 aromatic rings. The summed E-state index contributed by atoms with van der Waals surface area (Å²) >= 11 is 0. The highest BCUT2D eigenvalue weighted by atomic mass is 16.5. The number of benzene rings is 1. The van der Waals surface area contributed by atoms with Crippen molar-refractivity contribution < 1.29 is 14.6 Å². The van der Waals surface area contributed by atoms with Crippen molar-refractivity contribution in [3.63, 3.8) is 0 Å². The molecule has 3 nitrogen and oxygen atoms in total. The van der Waals surface area contributed by atoms with Crippen LogP contribution < -0.4 is 4.74 Å². The van der Waals surface area contributed by atoms with Gasteiger partial charge in [0, 0.05) is 0 Å². The first-order valence-corrected chi connectivity index (χ1v) is 5.08. The Morgan fingerprint density at radius 1 is 1.50 bits per heavy atom. The van der Waals surface area contributed by atoms with Gasteiger partial charge in [-0.25, -0.2) is 4.79 Å². The summed E-state index contributed by atoms with van der Waals surface area (Å²) in [5.41, 5.74) is -0.288. The quantitative estimate of drug-likeness (QED) is 0.776. The average molecular weight is 220 g/mol. The molecule has 0 saturated carbocycles. The van der Waals surface area contributed by atoms with E-state index in [-0.39, 0.29) is 0 Å². The van der Waals surface area contributed by atoms with Gasteiger partial charge in [0.05, 0.1) is 0 Å². The zero-order chi connectivity index (χ0) is 12.2. The predicted octanol–water partition coefficient (Wildman–Crippen LogP) is 2.66. The maximum atomic E-state index is 10.9. The van der Waals surface area contributed by atoms with E-state index in [0.717, 1.165) is 5.56 Å². The maximum absolute atomic E-state index is 10.9. The van der Waals surface area contributed by atoms with Crippen LogP contribution in [0.25, 0.3) is 0 Å². The molecule has 1 rings (SSSR count). The minimum absolute atomic E-state index is 0.592. The van der Waals surface area contributed by atoms with Gasteiger partial charge < -0.3 is 9.84 Å². The van der Waals surface area contributed by atoms with E-state index in [1.54, 1.807) is 12.1 Å². The van der Waals surface area contributed by atoms with E-state index in [2.05, 4.69) is 6.58 Å². The third-order valence-corrected chi connectivity index (χ3v) is 2.22. The predicted molar refractivity (Wildman–Crippen MR) is 62.7 cm³/mol. The second-order valence-corrected chi connectivity index (χ2v) is 4.02. The second kappa shape index (κ2) is 4.84. The number of para-hydroxylation sites is 1. The molecule has 0 unspecified atom stereocenters. The van der Waals surface area contributed by atoms with Crippen molar-refractivity contribution in [2.45, 2.75) is 25.9 Å². The highest BCUT2D eigenvalue weighted by Gasteiger charge is 2.29. The molecule has 0 saturated heterocycles. The fourth-order valence-electron chi connectivity index (χ4n) is 1.25. The summed E-state index contributed by atoms with van der Waals surface area (Å²) in [6.07, 6.45) is 2.42. The number of carboxylic acid groups (broad SMARTS) is 1. The van der Waals surface area contributed by atoms with Crippen molar-refractivity contribution in [3.8, 4) is 5.75 Å². The fraction of sp³-hybridized carbons (Fsp3) is 0.308. The van der Waals surface area contributed by atoms with Gasteiger partial charge in [-0.1, -0.05) is 24.3 Å². The monoisotopic (exact) mass is 220 g/mol. The Hall–Kier alpha value is -1.77. The number of carbonyl (C=O) groups is 1. The lowest BCUT2D eigenvalue weighted by Crippen LogP contribution is -2.38. The number of hydrogen-bond acceptors (Lipinski definition) is 2. The summed E-state index contributed by atoms with van der Waals surface area (Å²) in [6.45, 7) is 6.71. The lowest BCUT2D eigenvalue weighted by molar-refractivity contribution is -0.152. The minimum Gasteiger partial charge on any atom is -0.478 e. The van der Waals surface area contributed by atoms with Crippen molar-refractivity contribution in [1.82, 2.24) is 0 Å². The molecule has 0 aliphatic rings. The van der Waals surface area contributed by atoms with E-state index in [9.17, 15) is 4.79 Å². The maximum Gasteiger partial charge on any atom is 0.347 e. The number of ether oxygens (including phenoxy) is 1. The van der Waals surface area contributed by atoms with Crippen LogP contribution in [-0.4, -0.2) is 16.7 Å². The topological polar surface area (TPSA) is 46.5 Å². The molecular weight excluding hydrogens is 204 g/mol. The third kappa shape index (κ3) is 2.86. The van der Waals surface area contributed by atoms with Gasteiger partial charge in [-0.2, -0.15) is 0 Å². The summed E-state index contributed by atoms with van der Waals surface area (Å²) < 4.78 is 5.50. The summed E-state index contributed by atoms with van der Waals surface area (Å²) in [5.74, 6) is -0.393. The molecular formula is C13H16O3. The molecule has 16 heavy (non-hydrogen) atoms. The van der Waals surface area contributed by atoms with E-state index in [1.165, 1.54) is 13.8 Å². The van der Waals surface area contributed by atoms with Crippen molar-refractivity contribution in [2.75, 3.05) is 0 Å². The molecule has 0 heterocycles. The Labute approximate surface area is 95.4 Å². The molecule has 0 atom stereocenters. The zero-order valence-corrected chi connectivity index (χ0v) is 9.56. The van der Waals surface area contributed by atoms with Crippen molar-refractivity contribution in [2.24, 2.45) is 0 Å². The van der Waals surface area contributed by atoms with E-state index in [0.29, 0.717) is 12.2 Å². The van der Waals surface area contributed by atoms with Crippen LogP contribution in [0.15, 0.2) is 36.9 Å². The Balaban J connectivity index is 2.96. The molecule has 0 spiro atoms. The van der Waals surface area contributed by atoms with Crippen LogP contribution in [0.5, 0.6) is 5.75 Å². The second-order valence-electron chi connectivity index (χ2n) is 4.02. The first kappa shape index (κ1) is 12.3. The molecule has 0 bridgehead atoms. The van der Waals surface area contributed by atoms with E-state index >= 15 is 0 Å². The number of allylic oxidation sites excluding steroid dienone is 1. The fourth-order valence-corrected chi connectivity index (χ4v) is 1.25. The van der Waals surface area contributed by atoms with E-state index in [1.807, 2.05) is 18.2 Å². The van der Waals surface area contributed by atoms with Crippen molar-refractivity contribution >= 4 is 5.97 Å². The molecule has 0 aromatic heterocycles. The van der Waals surface area contributed by atoms with Gasteiger partial charge in [-0.05, 0) is 31.9 Å². The van der Waals surface area contributed by atoms with E-state index in [4.69, 9.17) is 9.84 Å². The number of aliphatic carboxylic acids is 1. The average Bonchev–Trinajstić information content (AvgIpc) is 2.20. The summed E-state index contributed by atoms with van der Waals surface area (Å²) in [7, 11) is 0. The molecule has 3 heteroatoms. The first-order valence-electron chi connectivity index (χ1n) is 5.08. The third-order valence-electron chi connectivity index (χ3n) is 2.22. The number of carboxylic acids is 1. The zero-order valence-electron chi connectivity index (χ0n) is 9.56. The molecule has 0 radical (unpaired) electrons. The minimum atomic E-state index is -1.22. The summed E-state index contributed by atoms with van der Waals surface area (Å²) in [5, 5.41) is 8.98. The Kier molecular flexibility index (Phi) is 3.72. The molecule has 0 aliphatic heterocycles. The van der Waals surface area contributed by atoms with Crippen LogP contribution >= 0.6 is 0 Å². The van der Waals surface area contributed by atoms with Gasteiger partial charge in [0.1, 0.15) is 5.75 Å². The summed E-state index contributed by atoms with van der Waals surface area (Å²) in [6, 6.07) is 7.37. The Morgan fingerprint density at radius 3 is 2.69 bits per heavy atom. The van der Waals surface area contributed by atoms with Crippen LogP contribution in [0.4, 0.5) is 0 Å². The SMILES string of the molecule is C=CCc1ccccc1OC(C)(C)C(=O)O. The lowest BCUT2D eigenvalue weighted by atomic mass is 10.1. The highest BCUT2D eigenvalue weighted by Crippen LogP contribution is 2.23. The van der Waals surface area contributed by atoms with Gasteiger partial charge in [-0.15, -0.1) is 6.58 Å². The van der Waals surface area contributed by atoms with Crippen LogP contribution in [0.1, 0.15) is 19.4 Å². The number of hydrogen-bond donors (Lipinski definition) is 1. The van der Waals surface area contributed by atoms with Gasteiger partial charge in [-0.3, -0.25) is 0 Å². The summed E-state index contributed by atoms with van der Waals surface area (Å²) in [4.78, 5) is 10.9. The highest BCUT2D eigenvalue weighted by molar-refractivity contribution is 5.76. The van der Waals surface area contributed by atoms with E-state index < -0.39 is 11.6 Å². The van der Waals surface area contributed by atoms with Crippen molar-refractivity contribution in [3.05, 3.63) is 42.5 Å². The lowest BCUT2D eigenvalue weighted by Gasteiger charge is -2.23. The molecule has 86 valence electrons. The molecule has 1 aromatic carbocycles. The Morgan fingerprint density at radius 2 is 2.12 bits per heavy atom. The van der Waals surface area contributed by atoms with Gasteiger partial charge in [0.25, 0.3) is 0 Å².